The van der Waals surface area contributed by atoms with Gasteiger partial charge in [0.15, 0.2) is 11.6 Å². The maximum absolute atomic E-state index is 13.5. The summed E-state index contributed by atoms with van der Waals surface area (Å²) in [5.74, 6) is -0.161. The number of nitrogens with zero attached hydrogens (tertiary/aromatic N) is 1. The molecule has 1 heterocycles. The van der Waals surface area contributed by atoms with Gasteiger partial charge in [-0.05, 0) is 34.8 Å². The van der Waals surface area contributed by atoms with Crippen LogP contribution in [-0.2, 0) is 0 Å². The van der Waals surface area contributed by atoms with Crippen molar-refractivity contribution in [1.29, 1.82) is 0 Å². The smallest absolute Gasteiger partial charge is 0.166 e. The lowest BCUT2D eigenvalue weighted by Crippen LogP contribution is -2.32. The highest BCUT2D eigenvalue weighted by Crippen LogP contribution is 2.26. The number of pyridine rings is 1. The van der Waals surface area contributed by atoms with E-state index in [0.29, 0.717) is 11.0 Å². The van der Waals surface area contributed by atoms with Crippen molar-refractivity contribution in [2.24, 2.45) is 5.41 Å². The number of aromatic nitrogens is 1. The van der Waals surface area contributed by atoms with Crippen molar-refractivity contribution >= 4 is 21.7 Å². The molecule has 0 bridgehead atoms. The molecule has 0 amide bonds. The Bertz CT molecular complexity index is 361. The van der Waals surface area contributed by atoms with Gasteiger partial charge in [-0.3, -0.25) is 0 Å². The fourth-order valence-electron chi connectivity index (χ4n) is 1.60. The maximum atomic E-state index is 13.5. The molecule has 17 heavy (non-hydrogen) atoms. The van der Waals surface area contributed by atoms with Crippen molar-refractivity contribution in [2.45, 2.75) is 26.7 Å². The van der Waals surface area contributed by atoms with Crippen molar-refractivity contribution in [1.82, 2.24) is 4.98 Å². The Morgan fingerprint density at radius 1 is 1.47 bits per heavy atom. The number of anilines is 1. The van der Waals surface area contributed by atoms with Crippen molar-refractivity contribution < 1.29 is 9.50 Å². The van der Waals surface area contributed by atoms with E-state index in [1.165, 1.54) is 6.07 Å². The Morgan fingerprint density at radius 3 is 2.59 bits per heavy atom. The molecule has 96 valence electrons. The zero-order chi connectivity index (χ0) is 12.9. The lowest BCUT2D eigenvalue weighted by Gasteiger charge is -2.29. The van der Waals surface area contributed by atoms with E-state index in [9.17, 15) is 9.50 Å². The highest BCUT2D eigenvalue weighted by atomic mass is 79.9. The summed E-state index contributed by atoms with van der Waals surface area (Å²) in [7, 11) is 0. The largest absolute Gasteiger partial charge is 0.396 e. The summed E-state index contributed by atoms with van der Waals surface area (Å²) >= 11 is 3.16. The van der Waals surface area contributed by atoms with E-state index in [0.717, 1.165) is 12.8 Å². The van der Waals surface area contributed by atoms with Gasteiger partial charge in [0.05, 0.1) is 6.61 Å². The molecular weight excluding hydrogens is 287 g/mol. The molecule has 0 aliphatic carbocycles. The molecule has 5 heteroatoms. The van der Waals surface area contributed by atoms with Crippen LogP contribution in [0.25, 0.3) is 0 Å². The minimum absolute atomic E-state index is 0.0884. The molecule has 0 aliphatic rings. The molecule has 1 aromatic heterocycles. The minimum Gasteiger partial charge on any atom is -0.396 e. The van der Waals surface area contributed by atoms with Gasteiger partial charge >= 0.3 is 0 Å². The van der Waals surface area contributed by atoms with E-state index in [-0.39, 0.29) is 17.8 Å². The highest BCUT2D eigenvalue weighted by molar-refractivity contribution is 9.10. The minimum atomic E-state index is -0.390. The molecule has 0 atom stereocenters. The molecule has 0 saturated carbocycles. The molecular formula is C12H18BrFN2O. The Morgan fingerprint density at radius 2 is 2.12 bits per heavy atom. The monoisotopic (exact) mass is 304 g/mol. The van der Waals surface area contributed by atoms with Crippen molar-refractivity contribution in [3.05, 3.63) is 22.6 Å². The molecule has 1 rings (SSSR count). The molecule has 3 nitrogen and oxygen atoms in total. The van der Waals surface area contributed by atoms with Crippen LogP contribution in [0.1, 0.15) is 26.7 Å². The van der Waals surface area contributed by atoms with Crippen LogP contribution in [0.15, 0.2) is 16.7 Å². The number of hydrogen-bond donors (Lipinski definition) is 2. The summed E-state index contributed by atoms with van der Waals surface area (Å²) in [6.45, 7) is 4.65. The summed E-state index contributed by atoms with van der Waals surface area (Å²) in [5, 5.41) is 12.4. The Labute approximate surface area is 110 Å². The van der Waals surface area contributed by atoms with Crippen LogP contribution < -0.4 is 5.32 Å². The van der Waals surface area contributed by atoms with Crippen LogP contribution in [-0.4, -0.2) is 23.2 Å². The molecule has 1 aromatic rings. The zero-order valence-corrected chi connectivity index (χ0v) is 11.7. The molecule has 0 aromatic carbocycles. The van der Waals surface area contributed by atoms with Gasteiger partial charge in [0.2, 0.25) is 0 Å². The van der Waals surface area contributed by atoms with Crippen LogP contribution >= 0.6 is 15.9 Å². The van der Waals surface area contributed by atoms with E-state index < -0.39 is 5.82 Å². The van der Waals surface area contributed by atoms with Gasteiger partial charge in [-0.1, -0.05) is 13.8 Å². The average molecular weight is 305 g/mol. The number of aliphatic hydroxyl groups is 1. The van der Waals surface area contributed by atoms with Gasteiger partial charge in [0.25, 0.3) is 0 Å². The number of aliphatic hydroxyl groups excluding tert-OH is 1. The van der Waals surface area contributed by atoms with Gasteiger partial charge < -0.3 is 10.4 Å². The number of nitrogens with one attached hydrogen (secondary N) is 1. The van der Waals surface area contributed by atoms with Gasteiger partial charge in [0, 0.05) is 22.6 Å². The Hall–Kier alpha value is -0.680. The first-order valence-corrected chi connectivity index (χ1v) is 6.52. The number of rotatable bonds is 6. The molecule has 0 spiro atoms. The first-order chi connectivity index (χ1) is 8.06. The van der Waals surface area contributed by atoms with Crippen molar-refractivity contribution in [2.75, 3.05) is 18.5 Å². The average Bonchev–Trinajstić information content (AvgIpc) is 2.33. The topological polar surface area (TPSA) is 45.1 Å². The normalized spacial score (nSPS) is 11.6. The van der Waals surface area contributed by atoms with Crippen LogP contribution in [0.4, 0.5) is 10.2 Å². The fourth-order valence-corrected chi connectivity index (χ4v) is 1.90. The third kappa shape index (κ3) is 3.64. The second-order valence-corrected chi connectivity index (χ2v) is 5.12. The van der Waals surface area contributed by atoms with Crippen LogP contribution in [0, 0.1) is 11.2 Å². The van der Waals surface area contributed by atoms with Crippen LogP contribution in [0.2, 0.25) is 0 Å². The summed E-state index contributed by atoms with van der Waals surface area (Å²) in [6, 6.07) is 1.37. The Kier molecular flexibility index (Phi) is 5.33. The molecule has 0 radical (unpaired) electrons. The fraction of sp³-hybridized carbons (Fsp3) is 0.583. The third-order valence-electron chi connectivity index (χ3n) is 3.27. The van der Waals surface area contributed by atoms with E-state index >= 15 is 0 Å². The van der Waals surface area contributed by atoms with Crippen LogP contribution in [0.5, 0.6) is 0 Å². The number of hydrogen-bond acceptors (Lipinski definition) is 3. The summed E-state index contributed by atoms with van der Waals surface area (Å²) in [4.78, 5) is 3.97. The molecule has 2 N–H and O–H groups in total. The first-order valence-electron chi connectivity index (χ1n) is 5.72. The van der Waals surface area contributed by atoms with Crippen LogP contribution in [0.3, 0.4) is 0 Å². The molecule has 0 unspecified atom stereocenters. The van der Waals surface area contributed by atoms with E-state index in [2.05, 4.69) is 26.2 Å². The third-order valence-corrected chi connectivity index (χ3v) is 3.71. The van der Waals surface area contributed by atoms with Crippen molar-refractivity contribution in [3.63, 3.8) is 0 Å². The Balaban J connectivity index is 2.72. The second-order valence-electron chi connectivity index (χ2n) is 4.20. The van der Waals surface area contributed by atoms with Crippen molar-refractivity contribution in [3.8, 4) is 0 Å². The van der Waals surface area contributed by atoms with E-state index in [4.69, 9.17) is 0 Å². The zero-order valence-electron chi connectivity index (χ0n) is 10.1. The maximum Gasteiger partial charge on any atom is 0.166 e. The molecule has 0 saturated heterocycles. The lowest BCUT2D eigenvalue weighted by molar-refractivity contribution is 0.127. The summed E-state index contributed by atoms with van der Waals surface area (Å²) in [5.41, 5.74) is -0.207. The molecule has 0 fully saturated rings. The number of halogens is 2. The van der Waals surface area contributed by atoms with Gasteiger partial charge in [-0.15, -0.1) is 0 Å². The standard InChI is InChI=1S/C12H18BrFN2O/c1-3-12(4-2,8-17)7-16-11-10(14)5-9(13)6-15-11/h5-6,17H,3-4,7-8H2,1-2H3,(H,15,16). The van der Waals surface area contributed by atoms with Gasteiger partial charge in [0.1, 0.15) is 0 Å². The highest BCUT2D eigenvalue weighted by Gasteiger charge is 2.25. The predicted octanol–water partition coefficient (Wildman–Crippen LogP) is 3.19. The first kappa shape index (κ1) is 14.4. The van der Waals surface area contributed by atoms with Gasteiger partial charge in [-0.25, -0.2) is 9.37 Å². The lowest BCUT2D eigenvalue weighted by atomic mass is 9.83. The predicted molar refractivity (Wildman–Crippen MR) is 70.5 cm³/mol. The van der Waals surface area contributed by atoms with E-state index in [1.54, 1.807) is 6.20 Å². The SMILES string of the molecule is CCC(CC)(CO)CNc1ncc(Br)cc1F. The second kappa shape index (κ2) is 6.31. The quantitative estimate of drug-likeness (QED) is 0.848. The van der Waals surface area contributed by atoms with Gasteiger partial charge in [-0.2, -0.15) is 0 Å². The van der Waals surface area contributed by atoms with E-state index in [1.807, 2.05) is 13.8 Å². The summed E-state index contributed by atoms with van der Waals surface area (Å²) < 4.78 is 14.1. The molecule has 0 aliphatic heterocycles. The summed E-state index contributed by atoms with van der Waals surface area (Å²) in [6.07, 6.45) is 3.22.